The first-order valence-electron chi connectivity index (χ1n) is 6.52. The van der Waals surface area contributed by atoms with E-state index in [2.05, 4.69) is 24.1 Å². The highest BCUT2D eigenvalue weighted by atomic mass is 16.5. The summed E-state index contributed by atoms with van der Waals surface area (Å²) in [6.45, 7) is 4.92. The van der Waals surface area contributed by atoms with Crippen LogP contribution in [0, 0.1) is 5.92 Å². The van der Waals surface area contributed by atoms with Gasteiger partial charge in [0.1, 0.15) is 0 Å². The second-order valence-corrected chi connectivity index (χ2v) is 4.88. The normalized spacial score (nSPS) is 12.5. The fraction of sp³-hybridized carbons (Fsp3) is 0.643. The number of aromatic nitrogens is 1. The van der Waals surface area contributed by atoms with Gasteiger partial charge in [0.2, 0.25) is 0 Å². The molecule has 1 aromatic rings. The van der Waals surface area contributed by atoms with Gasteiger partial charge in [-0.05, 0) is 12.3 Å². The molecule has 108 valence electrons. The van der Waals surface area contributed by atoms with Crippen LogP contribution in [0.15, 0.2) is 12.3 Å². The molecule has 0 aromatic carbocycles. The highest BCUT2D eigenvalue weighted by Gasteiger charge is 2.14. The van der Waals surface area contributed by atoms with Gasteiger partial charge in [-0.3, -0.25) is 4.98 Å². The summed E-state index contributed by atoms with van der Waals surface area (Å²) >= 11 is 0. The summed E-state index contributed by atoms with van der Waals surface area (Å²) in [6, 6.07) is 1.83. The van der Waals surface area contributed by atoms with Gasteiger partial charge >= 0.3 is 0 Å². The highest BCUT2D eigenvalue weighted by Crippen LogP contribution is 2.28. The molecule has 0 aliphatic heterocycles. The maximum atomic E-state index is 9.34. The largest absolute Gasteiger partial charge is 0.493 e. The quantitative estimate of drug-likeness (QED) is 0.749. The van der Waals surface area contributed by atoms with Crippen molar-refractivity contribution in [2.24, 2.45) is 5.92 Å². The van der Waals surface area contributed by atoms with Gasteiger partial charge in [0.15, 0.2) is 11.5 Å². The molecule has 1 aromatic heterocycles. The van der Waals surface area contributed by atoms with Crippen LogP contribution in [-0.2, 0) is 6.54 Å². The maximum absolute atomic E-state index is 9.34. The van der Waals surface area contributed by atoms with Crippen molar-refractivity contribution in [2.75, 3.05) is 20.8 Å². The molecule has 2 N–H and O–H groups in total. The second kappa shape index (κ2) is 7.96. The molecule has 1 unspecified atom stereocenters. The Kier molecular flexibility index (Phi) is 6.59. The van der Waals surface area contributed by atoms with Gasteiger partial charge < -0.3 is 19.9 Å². The molecular formula is C14H24N2O3. The van der Waals surface area contributed by atoms with Crippen LogP contribution < -0.4 is 14.8 Å². The number of hydrogen-bond donors (Lipinski definition) is 2. The molecule has 0 aliphatic carbocycles. The zero-order valence-corrected chi connectivity index (χ0v) is 12.1. The predicted octanol–water partition coefficient (Wildman–Crippen LogP) is 1.60. The minimum atomic E-state index is 0.0673. The molecule has 0 bridgehead atoms. The van der Waals surface area contributed by atoms with Gasteiger partial charge in [0.05, 0.1) is 26.5 Å². The van der Waals surface area contributed by atoms with Crippen LogP contribution in [0.4, 0.5) is 0 Å². The molecule has 1 atom stereocenters. The average Bonchev–Trinajstić information content (AvgIpc) is 2.42. The number of nitrogens with zero attached hydrogens (tertiary/aromatic N) is 1. The van der Waals surface area contributed by atoms with Gasteiger partial charge in [-0.15, -0.1) is 0 Å². The number of rotatable bonds is 8. The molecule has 5 heteroatoms. The van der Waals surface area contributed by atoms with Crippen LogP contribution in [0.2, 0.25) is 0 Å². The second-order valence-electron chi connectivity index (χ2n) is 4.88. The number of pyridine rings is 1. The molecule has 0 saturated carbocycles. The molecule has 1 heterocycles. The third-order valence-corrected chi connectivity index (χ3v) is 2.90. The van der Waals surface area contributed by atoms with Crippen LogP contribution in [0.3, 0.4) is 0 Å². The summed E-state index contributed by atoms with van der Waals surface area (Å²) < 4.78 is 10.6. The Morgan fingerprint density at radius 2 is 2.05 bits per heavy atom. The zero-order valence-electron chi connectivity index (χ0n) is 12.1. The standard InChI is InChI=1S/C14H24N2O3/c1-10(2)7-11(9-17)16-8-12-14(19-4)13(18-3)5-6-15-12/h5-6,10-11,16-17H,7-9H2,1-4H3. The zero-order chi connectivity index (χ0) is 14.3. The molecule has 0 fully saturated rings. The summed E-state index contributed by atoms with van der Waals surface area (Å²) in [5, 5.41) is 12.6. The fourth-order valence-electron chi connectivity index (χ4n) is 2.01. The van der Waals surface area contributed by atoms with Crippen LogP contribution in [0.25, 0.3) is 0 Å². The van der Waals surface area contributed by atoms with E-state index in [1.54, 1.807) is 26.5 Å². The van der Waals surface area contributed by atoms with Crippen molar-refractivity contribution >= 4 is 0 Å². The van der Waals surface area contributed by atoms with E-state index in [9.17, 15) is 5.11 Å². The molecule has 0 aliphatic rings. The lowest BCUT2D eigenvalue weighted by Gasteiger charge is -2.19. The number of methoxy groups -OCH3 is 2. The van der Waals surface area contributed by atoms with Crippen molar-refractivity contribution in [3.05, 3.63) is 18.0 Å². The van der Waals surface area contributed by atoms with Crippen LogP contribution in [-0.4, -0.2) is 37.0 Å². The Morgan fingerprint density at radius 1 is 1.32 bits per heavy atom. The summed E-state index contributed by atoms with van der Waals surface area (Å²) in [5.74, 6) is 1.84. The van der Waals surface area contributed by atoms with Crippen molar-refractivity contribution in [1.82, 2.24) is 10.3 Å². The molecule has 5 nitrogen and oxygen atoms in total. The van der Waals surface area contributed by atoms with E-state index in [-0.39, 0.29) is 12.6 Å². The lowest BCUT2D eigenvalue weighted by molar-refractivity contribution is 0.222. The molecular weight excluding hydrogens is 244 g/mol. The molecule has 0 amide bonds. The lowest BCUT2D eigenvalue weighted by Crippen LogP contribution is -2.33. The summed E-state index contributed by atoms with van der Waals surface area (Å²) in [4.78, 5) is 4.29. The summed E-state index contributed by atoms with van der Waals surface area (Å²) in [5.41, 5.74) is 0.782. The van der Waals surface area contributed by atoms with E-state index >= 15 is 0 Å². The van der Waals surface area contributed by atoms with E-state index < -0.39 is 0 Å². The van der Waals surface area contributed by atoms with Gasteiger partial charge in [-0.2, -0.15) is 0 Å². The summed E-state index contributed by atoms with van der Waals surface area (Å²) in [7, 11) is 3.20. The van der Waals surface area contributed by atoms with Crippen molar-refractivity contribution in [1.29, 1.82) is 0 Å². The first kappa shape index (κ1) is 15.7. The molecule has 1 rings (SSSR count). The van der Waals surface area contributed by atoms with Gasteiger partial charge in [0.25, 0.3) is 0 Å². The van der Waals surface area contributed by atoms with Crippen LogP contribution in [0.1, 0.15) is 26.0 Å². The monoisotopic (exact) mass is 268 g/mol. The Balaban J connectivity index is 2.71. The van der Waals surface area contributed by atoms with Gasteiger partial charge in [0, 0.05) is 24.8 Å². The number of aliphatic hydroxyl groups is 1. The van der Waals surface area contributed by atoms with E-state index in [0.29, 0.717) is 24.0 Å². The predicted molar refractivity (Wildman–Crippen MR) is 74.5 cm³/mol. The lowest BCUT2D eigenvalue weighted by atomic mass is 10.0. The minimum absolute atomic E-state index is 0.0673. The van der Waals surface area contributed by atoms with Crippen molar-refractivity contribution in [2.45, 2.75) is 32.9 Å². The maximum Gasteiger partial charge on any atom is 0.183 e. The smallest absolute Gasteiger partial charge is 0.183 e. The van der Waals surface area contributed by atoms with E-state index in [0.717, 1.165) is 12.1 Å². The Morgan fingerprint density at radius 3 is 2.58 bits per heavy atom. The number of hydrogen-bond acceptors (Lipinski definition) is 5. The topological polar surface area (TPSA) is 63.6 Å². The molecule has 0 radical (unpaired) electrons. The molecule has 19 heavy (non-hydrogen) atoms. The highest BCUT2D eigenvalue weighted by molar-refractivity contribution is 5.42. The van der Waals surface area contributed by atoms with E-state index in [1.807, 2.05) is 0 Å². The Labute approximate surface area is 115 Å². The van der Waals surface area contributed by atoms with Crippen molar-refractivity contribution in [3.63, 3.8) is 0 Å². The van der Waals surface area contributed by atoms with Crippen molar-refractivity contribution < 1.29 is 14.6 Å². The van der Waals surface area contributed by atoms with Gasteiger partial charge in [-0.1, -0.05) is 13.8 Å². The Hall–Kier alpha value is -1.33. The van der Waals surface area contributed by atoms with Gasteiger partial charge in [-0.25, -0.2) is 0 Å². The first-order valence-corrected chi connectivity index (χ1v) is 6.52. The minimum Gasteiger partial charge on any atom is -0.493 e. The molecule has 0 saturated heterocycles. The number of aliphatic hydroxyl groups excluding tert-OH is 1. The molecule has 0 spiro atoms. The third-order valence-electron chi connectivity index (χ3n) is 2.90. The van der Waals surface area contributed by atoms with Crippen molar-refractivity contribution in [3.8, 4) is 11.5 Å². The average molecular weight is 268 g/mol. The fourth-order valence-corrected chi connectivity index (χ4v) is 2.01. The Bertz CT molecular complexity index is 383. The van der Waals surface area contributed by atoms with E-state index in [1.165, 1.54) is 0 Å². The first-order chi connectivity index (χ1) is 9.12. The number of ether oxygens (including phenoxy) is 2. The SMILES string of the molecule is COc1ccnc(CNC(CO)CC(C)C)c1OC. The van der Waals surface area contributed by atoms with Crippen LogP contribution in [0.5, 0.6) is 11.5 Å². The number of nitrogens with one attached hydrogen (secondary N) is 1. The summed E-state index contributed by atoms with van der Waals surface area (Å²) in [6.07, 6.45) is 2.61. The third kappa shape index (κ3) is 4.69. The van der Waals surface area contributed by atoms with Crippen LogP contribution >= 0.6 is 0 Å². The van der Waals surface area contributed by atoms with E-state index in [4.69, 9.17) is 9.47 Å².